The van der Waals surface area contributed by atoms with Gasteiger partial charge in [-0.15, -0.1) is 0 Å². The molecule has 1 fully saturated rings. The molecule has 1 amide bonds. The molecule has 0 aromatic carbocycles. The van der Waals surface area contributed by atoms with Crippen molar-refractivity contribution in [3.63, 3.8) is 0 Å². The van der Waals surface area contributed by atoms with Gasteiger partial charge in [0.15, 0.2) is 0 Å². The second-order valence-corrected chi connectivity index (χ2v) is 5.99. The molecule has 2 N–H and O–H groups in total. The van der Waals surface area contributed by atoms with E-state index >= 15 is 0 Å². The van der Waals surface area contributed by atoms with E-state index in [-0.39, 0.29) is 29.4 Å². The van der Waals surface area contributed by atoms with E-state index in [4.69, 9.17) is 14.0 Å². The van der Waals surface area contributed by atoms with Crippen molar-refractivity contribution in [1.29, 1.82) is 0 Å². The molecule has 1 aliphatic heterocycles. The summed E-state index contributed by atoms with van der Waals surface area (Å²) in [6.45, 7) is 4.96. The molecule has 0 radical (unpaired) electrons. The number of hydrogen-bond donors (Lipinski definition) is 2. The van der Waals surface area contributed by atoms with Gasteiger partial charge in [-0.05, 0) is 26.3 Å². The average Bonchev–Trinajstić information content (AvgIpc) is 2.93. The molecule has 0 bridgehead atoms. The number of nitrogens with zero attached hydrogens (tertiary/aromatic N) is 2. The van der Waals surface area contributed by atoms with Crippen molar-refractivity contribution in [3.8, 4) is 5.75 Å². The molecule has 8 nitrogen and oxygen atoms in total. The second-order valence-electron chi connectivity index (χ2n) is 5.99. The van der Waals surface area contributed by atoms with Gasteiger partial charge in [0.05, 0.1) is 36.7 Å². The first-order valence-electron chi connectivity index (χ1n) is 8.11. The van der Waals surface area contributed by atoms with Gasteiger partial charge in [0.1, 0.15) is 17.6 Å². The van der Waals surface area contributed by atoms with Crippen LogP contribution < -0.4 is 5.32 Å². The number of rotatable bonds is 5. The first-order chi connectivity index (χ1) is 12.1. The van der Waals surface area contributed by atoms with Crippen molar-refractivity contribution in [3.05, 3.63) is 41.0 Å². The minimum Gasteiger partial charge on any atom is -0.505 e. The SMILES string of the molecule is Cc1noc(C)c1CO[C@@H]1COCC[C@H]1NC(=O)c1ccncc1O. The van der Waals surface area contributed by atoms with Crippen LogP contribution in [-0.4, -0.2) is 46.5 Å². The van der Waals surface area contributed by atoms with Gasteiger partial charge in [-0.25, -0.2) is 0 Å². The van der Waals surface area contributed by atoms with Crippen molar-refractivity contribution in [2.45, 2.75) is 39.0 Å². The molecule has 1 aliphatic rings. The Kier molecular flexibility index (Phi) is 5.30. The van der Waals surface area contributed by atoms with Gasteiger partial charge in [0.2, 0.25) is 0 Å². The summed E-state index contributed by atoms with van der Waals surface area (Å²) in [5, 5.41) is 16.6. The number of hydrogen-bond acceptors (Lipinski definition) is 7. The number of aromatic hydroxyl groups is 1. The number of carbonyl (C=O) groups excluding carboxylic acids is 1. The standard InChI is InChI=1S/C17H21N3O5/c1-10-13(11(2)25-20-10)8-24-16-9-23-6-4-14(16)19-17(22)12-3-5-18-7-15(12)21/h3,5,7,14,16,21H,4,6,8-9H2,1-2H3,(H,19,22)/t14-,16-/m1/s1. The van der Waals surface area contributed by atoms with Crippen LogP contribution in [0.25, 0.3) is 0 Å². The van der Waals surface area contributed by atoms with E-state index in [9.17, 15) is 9.90 Å². The number of ether oxygens (including phenoxy) is 2. The predicted molar refractivity (Wildman–Crippen MR) is 87.1 cm³/mol. The van der Waals surface area contributed by atoms with E-state index < -0.39 is 0 Å². The highest BCUT2D eigenvalue weighted by atomic mass is 16.5. The number of amides is 1. The van der Waals surface area contributed by atoms with E-state index in [1.807, 2.05) is 13.8 Å². The zero-order valence-corrected chi connectivity index (χ0v) is 14.2. The summed E-state index contributed by atoms with van der Waals surface area (Å²) >= 11 is 0. The molecule has 1 saturated heterocycles. The van der Waals surface area contributed by atoms with Crippen LogP contribution in [0.1, 0.15) is 33.8 Å². The zero-order valence-electron chi connectivity index (χ0n) is 14.2. The third-order valence-corrected chi connectivity index (χ3v) is 4.29. The Bertz CT molecular complexity index is 726. The summed E-state index contributed by atoms with van der Waals surface area (Å²) in [7, 11) is 0. The first-order valence-corrected chi connectivity index (χ1v) is 8.11. The molecule has 2 atom stereocenters. The monoisotopic (exact) mass is 347 g/mol. The number of pyridine rings is 1. The highest BCUT2D eigenvalue weighted by Gasteiger charge is 2.29. The normalized spacial score (nSPS) is 20.4. The molecule has 25 heavy (non-hydrogen) atoms. The fourth-order valence-corrected chi connectivity index (χ4v) is 2.76. The Balaban J connectivity index is 1.65. The third-order valence-electron chi connectivity index (χ3n) is 4.29. The van der Waals surface area contributed by atoms with Gasteiger partial charge < -0.3 is 24.4 Å². The summed E-state index contributed by atoms with van der Waals surface area (Å²) < 4.78 is 16.6. The number of aryl methyl sites for hydroxylation is 2. The Hall–Kier alpha value is -2.45. The van der Waals surface area contributed by atoms with Crippen LogP contribution in [0, 0.1) is 13.8 Å². The summed E-state index contributed by atoms with van der Waals surface area (Å²) in [6.07, 6.45) is 3.04. The van der Waals surface area contributed by atoms with Gasteiger partial charge in [-0.1, -0.05) is 5.16 Å². The molecule has 0 spiro atoms. The Morgan fingerprint density at radius 1 is 1.48 bits per heavy atom. The Labute approximate surface area is 145 Å². The van der Waals surface area contributed by atoms with Crippen molar-refractivity contribution in [1.82, 2.24) is 15.5 Å². The van der Waals surface area contributed by atoms with E-state index in [2.05, 4.69) is 15.5 Å². The van der Waals surface area contributed by atoms with Gasteiger partial charge in [0, 0.05) is 18.4 Å². The predicted octanol–water partition coefficient (Wildman–Crippen LogP) is 1.50. The summed E-state index contributed by atoms with van der Waals surface area (Å²) in [4.78, 5) is 16.2. The molecular weight excluding hydrogens is 326 g/mol. The van der Waals surface area contributed by atoms with Gasteiger partial charge in [0.25, 0.3) is 5.91 Å². The molecule has 0 aliphatic carbocycles. The molecular formula is C17H21N3O5. The van der Waals surface area contributed by atoms with Gasteiger partial charge >= 0.3 is 0 Å². The first kappa shape index (κ1) is 17.4. The van der Waals surface area contributed by atoms with E-state index in [0.29, 0.717) is 26.2 Å². The fraction of sp³-hybridized carbons (Fsp3) is 0.471. The van der Waals surface area contributed by atoms with Crippen LogP contribution in [-0.2, 0) is 16.1 Å². The van der Waals surface area contributed by atoms with Crippen molar-refractivity contribution in [2.75, 3.05) is 13.2 Å². The number of nitrogens with one attached hydrogen (secondary N) is 1. The quantitative estimate of drug-likeness (QED) is 0.844. The van der Waals surface area contributed by atoms with Crippen LogP contribution in [0.4, 0.5) is 0 Å². The minimum atomic E-state index is -0.363. The lowest BCUT2D eigenvalue weighted by atomic mass is 10.0. The highest BCUT2D eigenvalue weighted by Crippen LogP contribution is 2.19. The Morgan fingerprint density at radius 2 is 2.32 bits per heavy atom. The summed E-state index contributed by atoms with van der Waals surface area (Å²) in [5.74, 6) is 0.203. The number of aromatic nitrogens is 2. The van der Waals surface area contributed by atoms with Crippen LogP contribution in [0.3, 0.4) is 0 Å². The van der Waals surface area contributed by atoms with Crippen LogP contribution in [0.15, 0.2) is 23.0 Å². The maximum atomic E-state index is 12.4. The van der Waals surface area contributed by atoms with Crippen LogP contribution >= 0.6 is 0 Å². The molecule has 3 heterocycles. The summed E-state index contributed by atoms with van der Waals surface area (Å²) in [5.41, 5.74) is 1.88. The van der Waals surface area contributed by atoms with Crippen molar-refractivity contribution >= 4 is 5.91 Å². The number of carbonyl (C=O) groups is 1. The van der Waals surface area contributed by atoms with Crippen molar-refractivity contribution in [2.24, 2.45) is 0 Å². The van der Waals surface area contributed by atoms with E-state index in [1.54, 1.807) is 0 Å². The van der Waals surface area contributed by atoms with E-state index in [1.165, 1.54) is 18.5 Å². The maximum absolute atomic E-state index is 12.4. The molecule has 0 unspecified atom stereocenters. The topological polar surface area (TPSA) is 107 Å². The molecule has 3 rings (SSSR count). The Morgan fingerprint density at radius 3 is 3.04 bits per heavy atom. The highest BCUT2D eigenvalue weighted by molar-refractivity contribution is 5.96. The molecule has 8 heteroatoms. The maximum Gasteiger partial charge on any atom is 0.255 e. The van der Waals surface area contributed by atoms with Crippen LogP contribution in [0.2, 0.25) is 0 Å². The molecule has 2 aromatic heterocycles. The van der Waals surface area contributed by atoms with Crippen molar-refractivity contribution < 1.29 is 23.9 Å². The lowest BCUT2D eigenvalue weighted by Crippen LogP contribution is -2.50. The fourth-order valence-electron chi connectivity index (χ4n) is 2.76. The lowest BCUT2D eigenvalue weighted by molar-refractivity contribution is -0.0739. The molecule has 0 saturated carbocycles. The smallest absolute Gasteiger partial charge is 0.255 e. The summed E-state index contributed by atoms with van der Waals surface area (Å²) in [6, 6.07) is 1.26. The zero-order chi connectivity index (χ0) is 17.8. The molecule has 2 aromatic rings. The molecule has 134 valence electrons. The van der Waals surface area contributed by atoms with Gasteiger partial charge in [-0.3, -0.25) is 9.78 Å². The lowest BCUT2D eigenvalue weighted by Gasteiger charge is -2.32. The van der Waals surface area contributed by atoms with E-state index in [0.717, 1.165) is 17.0 Å². The minimum absolute atomic E-state index is 0.153. The third kappa shape index (κ3) is 3.97. The van der Waals surface area contributed by atoms with Crippen LogP contribution in [0.5, 0.6) is 5.75 Å². The average molecular weight is 347 g/mol. The second kappa shape index (κ2) is 7.62. The largest absolute Gasteiger partial charge is 0.505 e. The van der Waals surface area contributed by atoms with Gasteiger partial charge in [-0.2, -0.15) is 0 Å².